The zero-order valence-electron chi connectivity index (χ0n) is 12.9. The van der Waals surface area contributed by atoms with E-state index in [-0.39, 0.29) is 11.9 Å². The molecule has 3 heteroatoms. The molecule has 0 radical (unpaired) electrons. The van der Waals surface area contributed by atoms with Crippen molar-refractivity contribution in [2.24, 2.45) is 5.73 Å². The molecule has 0 saturated heterocycles. The van der Waals surface area contributed by atoms with Gasteiger partial charge >= 0.3 is 0 Å². The molecular formula is C18H23FN2. The lowest BCUT2D eigenvalue weighted by atomic mass is 10.0. The molecular weight excluding hydrogens is 263 g/mol. The maximum Gasteiger partial charge on any atom is 0.123 e. The highest BCUT2D eigenvalue weighted by Crippen LogP contribution is 2.29. The van der Waals surface area contributed by atoms with E-state index in [1.54, 1.807) is 6.07 Å². The molecule has 0 bridgehead atoms. The Balaban J connectivity index is 2.39. The lowest BCUT2D eigenvalue weighted by Crippen LogP contribution is -2.31. The van der Waals surface area contributed by atoms with Gasteiger partial charge in [0.1, 0.15) is 5.82 Å². The van der Waals surface area contributed by atoms with E-state index in [9.17, 15) is 4.39 Å². The molecule has 2 aromatic rings. The molecule has 112 valence electrons. The molecule has 0 aliphatic heterocycles. The fourth-order valence-electron chi connectivity index (χ4n) is 2.48. The summed E-state index contributed by atoms with van der Waals surface area (Å²) in [7, 11) is 0. The molecule has 0 saturated carbocycles. The highest BCUT2D eigenvalue weighted by atomic mass is 19.1. The predicted molar refractivity (Wildman–Crippen MR) is 86.8 cm³/mol. The summed E-state index contributed by atoms with van der Waals surface area (Å²) in [6, 6.07) is 15.2. The second kappa shape index (κ2) is 6.72. The Morgan fingerprint density at radius 2 is 1.71 bits per heavy atom. The lowest BCUT2D eigenvalue weighted by molar-refractivity contribution is 0.617. The number of rotatable bonds is 5. The molecule has 2 N–H and O–H groups in total. The van der Waals surface area contributed by atoms with Crippen LogP contribution in [-0.4, -0.2) is 6.04 Å². The monoisotopic (exact) mass is 286 g/mol. The van der Waals surface area contributed by atoms with Crippen LogP contribution in [0.1, 0.15) is 37.9 Å². The molecule has 0 fully saturated rings. The summed E-state index contributed by atoms with van der Waals surface area (Å²) < 4.78 is 13.5. The van der Waals surface area contributed by atoms with Gasteiger partial charge < -0.3 is 10.6 Å². The third kappa shape index (κ3) is 3.82. The minimum Gasteiger partial charge on any atom is -0.365 e. The van der Waals surface area contributed by atoms with Crippen molar-refractivity contribution >= 4 is 5.69 Å². The van der Waals surface area contributed by atoms with Crippen LogP contribution in [-0.2, 0) is 6.54 Å². The van der Waals surface area contributed by atoms with Crippen molar-refractivity contribution in [3.8, 4) is 0 Å². The van der Waals surface area contributed by atoms with Crippen LogP contribution in [0.5, 0.6) is 0 Å². The van der Waals surface area contributed by atoms with E-state index in [0.717, 1.165) is 17.8 Å². The zero-order chi connectivity index (χ0) is 15.4. The highest BCUT2D eigenvalue weighted by molar-refractivity contribution is 5.56. The van der Waals surface area contributed by atoms with Crippen molar-refractivity contribution in [1.29, 1.82) is 0 Å². The van der Waals surface area contributed by atoms with Crippen LogP contribution < -0.4 is 10.6 Å². The summed E-state index contributed by atoms with van der Waals surface area (Å²) >= 11 is 0. The van der Waals surface area contributed by atoms with Crippen LogP contribution in [0.2, 0.25) is 0 Å². The van der Waals surface area contributed by atoms with Crippen LogP contribution in [0.25, 0.3) is 0 Å². The van der Waals surface area contributed by atoms with Crippen LogP contribution >= 0.6 is 0 Å². The Morgan fingerprint density at radius 3 is 2.29 bits per heavy atom. The van der Waals surface area contributed by atoms with E-state index < -0.39 is 0 Å². The van der Waals surface area contributed by atoms with Gasteiger partial charge in [-0.05, 0) is 50.1 Å². The maximum atomic E-state index is 13.5. The van der Waals surface area contributed by atoms with Crippen molar-refractivity contribution in [3.05, 3.63) is 65.5 Å². The summed E-state index contributed by atoms with van der Waals surface area (Å²) in [6.07, 6.45) is 0. The average molecular weight is 286 g/mol. The molecule has 0 amide bonds. The van der Waals surface area contributed by atoms with Gasteiger partial charge in [-0.3, -0.25) is 0 Å². The molecule has 0 spiro atoms. The predicted octanol–water partition coefficient (Wildman–Crippen LogP) is 4.26. The van der Waals surface area contributed by atoms with E-state index in [1.165, 1.54) is 11.6 Å². The van der Waals surface area contributed by atoms with E-state index in [2.05, 4.69) is 30.9 Å². The van der Waals surface area contributed by atoms with Crippen molar-refractivity contribution in [1.82, 2.24) is 0 Å². The quantitative estimate of drug-likeness (QED) is 0.890. The van der Waals surface area contributed by atoms with Crippen LogP contribution in [0.15, 0.2) is 48.5 Å². The Hall–Kier alpha value is -1.87. The molecule has 2 aromatic carbocycles. The summed E-state index contributed by atoms with van der Waals surface area (Å²) in [5.74, 6) is -0.241. The first-order chi connectivity index (χ1) is 9.99. The smallest absolute Gasteiger partial charge is 0.123 e. The Bertz CT molecular complexity index is 579. The summed E-state index contributed by atoms with van der Waals surface area (Å²) in [5.41, 5.74) is 9.10. The molecule has 0 heterocycles. The second-order valence-electron chi connectivity index (χ2n) is 5.70. The standard InChI is InChI=1S/C18H23FN2/c1-13(2)21(12-15-7-5-4-6-8-15)18-10-9-16(19)11-17(18)14(3)20/h4-11,13-14H,12,20H2,1-3H3. The topological polar surface area (TPSA) is 29.3 Å². The number of hydrogen-bond donors (Lipinski definition) is 1. The molecule has 0 aromatic heterocycles. The molecule has 2 rings (SSSR count). The van der Waals surface area contributed by atoms with Crippen LogP contribution in [0.3, 0.4) is 0 Å². The summed E-state index contributed by atoms with van der Waals surface area (Å²) in [6.45, 7) is 6.94. The van der Waals surface area contributed by atoms with Gasteiger partial charge in [0.2, 0.25) is 0 Å². The van der Waals surface area contributed by atoms with E-state index in [4.69, 9.17) is 5.73 Å². The number of nitrogens with two attached hydrogens (primary N) is 1. The zero-order valence-corrected chi connectivity index (χ0v) is 12.9. The first-order valence-electron chi connectivity index (χ1n) is 7.34. The van der Waals surface area contributed by atoms with Crippen molar-refractivity contribution in [2.45, 2.75) is 39.4 Å². The van der Waals surface area contributed by atoms with Gasteiger partial charge in [0.15, 0.2) is 0 Å². The minimum atomic E-state index is -0.241. The second-order valence-corrected chi connectivity index (χ2v) is 5.70. The number of benzene rings is 2. The van der Waals surface area contributed by atoms with Crippen molar-refractivity contribution in [3.63, 3.8) is 0 Å². The molecule has 0 aliphatic rings. The third-order valence-electron chi connectivity index (χ3n) is 3.61. The maximum absolute atomic E-state index is 13.5. The van der Waals surface area contributed by atoms with Gasteiger partial charge in [-0.2, -0.15) is 0 Å². The Morgan fingerprint density at radius 1 is 1.05 bits per heavy atom. The van der Waals surface area contributed by atoms with Gasteiger partial charge in [-0.15, -0.1) is 0 Å². The molecule has 1 unspecified atom stereocenters. The fraction of sp³-hybridized carbons (Fsp3) is 0.333. The van der Waals surface area contributed by atoms with Gasteiger partial charge in [0, 0.05) is 24.3 Å². The number of halogens is 1. The van der Waals surface area contributed by atoms with Crippen LogP contribution in [0.4, 0.5) is 10.1 Å². The molecule has 2 nitrogen and oxygen atoms in total. The van der Waals surface area contributed by atoms with Gasteiger partial charge in [0.25, 0.3) is 0 Å². The van der Waals surface area contributed by atoms with Crippen LogP contribution in [0, 0.1) is 5.82 Å². The highest BCUT2D eigenvalue weighted by Gasteiger charge is 2.17. The third-order valence-corrected chi connectivity index (χ3v) is 3.61. The number of nitrogens with zero attached hydrogens (tertiary/aromatic N) is 1. The summed E-state index contributed by atoms with van der Waals surface area (Å²) in [4.78, 5) is 2.26. The van der Waals surface area contributed by atoms with Gasteiger partial charge in [0.05, 0.1) is 0 Å². The first-order valence-corrected chi connectivity index (χ1v) is 7.34. The Labute approximate surface area is 126 Å². The van der Waals surface area contributed by atoms with Crippen molar-refractivity contribution < 1.29 is 4.39 Å². The first kappa shape index (κ1) is 15.5. The molecule has 21 heavy (non-hydrogen) atoms. The van der Waals surface area contributed by atoms with Gasteiger partial charge in [-0.1, -0.05) is 30.3 Å². The fourth-order valence-corrected chi connectivity index (χ4v) is 2.48. The average Bonchev–Trinajstić information content (AvgIpc) is 2.46. The lowest BCUT2D eigenvalue weighted by Gasteiger charge is -2.32. The van der Waals surface area contributed by atoms with Crippen molar-refractivity contribution in [2.75, 3.05) is 4.90 Å². The molecule has 1 atom stereocenters. The van der Waals surface area contributed by atoms with E-state index in [1.807, 2.05) is 31.2 Å². The van der Waals surface area contributed by atoms with Gasteiger partial charge in [-0.25, -0.2) is 4.39 Å². The summed E-state index contributed by atoms with van der Waals surface area (Å²) in [5, 5.41) is 0. The Kier molecular flexibility index (Phi) is 4.97. The largest absolute Gasteiger partial charge is 0.365 e. The SMILES string of the molecule is CC(N)c1cc(F)ccc1N(Cc1ccccc1)C(C)C. The van der Waals surface area contributed by atoms with E-state index >= 15 is 0 Å². The number of anilines is 1. The normalized spacial score (nSPS) is 12.5. The minimum absolute atomic E-state index is 0.201. The van der Waals surface area contributed by atoms with E-state index in [0.29, 0.717) is 6.04 Å². The molecule has 0 aliphatic carbocycles. The number of hydrogen-bond acceptors (Lipinski definition) is 2.